The van der Waals surface area contributed by atoms with Crippen molar-refractivity contribution >= 4 is 22.7 Å². The Hall–Kier alpha value is -3.08. The molecule has 1 aromatic heterocycles. The van der Waals surface area contributed by atoms with Crippen LogP contribution in [0.4, 0.5) is 0 Å². The second kappa shape index (κ2) is 5.77. The lowest BCUT2D eigenvalue weighted by molar-refractivity contribution is -0.143. The number of rotatable bonds is 3. The molecule has 5 heteroatoms. The van der Waals surface area contributed by atoms with Gasteiger partial charge in [0.1, 0.15) is 11.7 Å². The highest BCUT2D eigenvalue weighted by molar-refractivity contribution is 6.16. The quantitative estimate of drug-likeness (QED) is 0.589. The molecule has 4 rings (SSSR count). The fourth-order valence-electron chi connectivity index (χ4n) is 3.70. The minimum atomic E-state index is -0.871. The van der Waals surface area contributed by atoms with Crippen molar-refractivity contribution in [3.05, 3.63) is 65.4 Å². The van der Waals surface area contributed by atoms with Gasteiger partial charge in [-0.1, -0.05) is 30.3 Å². The van der Waals surface area contributed by atoms with E-state index >= 15 is 0 Å². The molecule has 0 radical (unpaired) electrons. The van der Waals surface area contributed by atoms with Crippen LogP contribution < -0.4 is 4.74 Å². The Kier molecular flexibility index (Phi) is 3.57. The van der Waals surface area contributed by atoms with Gasteiger partial charge < -0.3 is 14.5 Å². The summed E-state index contributed by atoms with van der Waals surface area (Å²) in [6.07, 6.45) is 0. The van der Waals surface area contributed by atoms with E-state index in [2.05, 4.69) is 4.98 Å². The number of para-hydroxylation sites is 1. The molecule has 126 valence electrons. The number of ketones is 1. The first-order valence-corrected chi connectivity index (χ1v) is 8.02. The Morgan fingerprint density at radius 2 is 1.76 bits per heavy atom. The smallest absolute Gasteiger partial charge is 0.317 e. The SMILES string of the molecule is COC(=O)[C@H]1C(=O)c2[nH]c3ccccc3c2[C@@H]1c1ccc(OC)cc1. The van der Waals surface area contributed by atoms with E-state index in [9.17, 15) is 9.59 Å². The normalized spacial score (nSPS) is 19.0. The van der Waals surface area contributed by atoms with Crippen LogP contribution in [0.2, 0.25) is 0 Å². The molecule has 0 saturated heterocycles. The lowest BCUT2D eigenvalue weighted by atomic mass is 9.84. The van der Waals surface area contributed by atoms with E-state index in [0.717, 1.165) is 27.8 Å². The maximum Gasteiger partial charge on any atom is 0.317 e. The molecule has 0 unspecified atom stereocenters. The average molecular weight is 335 g/mol. The first-order valence-electron chi connectivity index (χ1n) is 8.02. The van der Waals surface area contributed by atoms with Crippen LogP contribution in [0.5, 0.6) is 5.75 Å². The van der Waals surface area contributed by atoms with Crippen molar-refractivity contribution in [1.82, 2.24) is 4.98 Å². The molecule has 3 aromatic rings. The molecule has 0 saturated carbocycles. The molecule has 5 nitrogen and oxygen atoms in total. The van der Waals surface area contributed by atoms with Crippen LogP contribution in [-0.2, 0) is 9.53 Å². The van der Waals surface area contributed by atoms with Gasteiger partial charge in [-0.15, -0.1) is 0 Å². The third-order valence-electron chi connectivity index (χ3n) is 4.85. The maximum atomic E-state index is 12.9. The van der Waals surface area contributed by atoms with Gasteiger partial charge in [0.25, 0.3) is 0 Å². The van der Waals surface area contributed by atoms with Crippen LogP contribution in [0.25, 0.3) is 10.9 Å². The van der Waals surface area contributed by atoms with Crippen molar-refractivity contribution in [3.63, 3.8) is 0 Å². The molecular weight excluding hydrogens is 318 g/mol. The van der Waals surface area contributed by atoms with Crippen LogP contribution in [0.1, 0.15) is 27.5 Å². The predicted molar refractivity (Wildman–Crippen MR) is 93.0 cm³/mol. The second-order valence-corrected chi connectivity index (χ2v) is 6.08. The zero-order valence-electron chi connectivity index (χ0n) is 13.9. The summed E-state index contributed by atoms with van der Waals surface area (Å²) in [5, 5.41) is 0.957. The van der Waals surface area contributed by atoms with Crippen LogP contribution in [-0.4, -0.2) is 31.0 Å². The number of fused-ring (bicyclic) bond motifs is 3. The number of carbonyl (C=O) groups excluding carboxylic acids is 2. The molecule has 1 aliphatic carbocycles. The van der Waals surface area contributed by atoms with E-state index in [4.69, 9.17) is 9.47 Å². The lowest BCUT2D eigenvalue weighted by Crippen LogP contribution is -2.26. The van der Waals surface area contributed by atoms with Gasteiger partial charge in [0.05, 0.1) is 19.9 Å². The summed E-state index contributed by atoms with van der Waals surface area (Å²) in [7, 11) is 2.91. The van der Waals surface area contributed by atoms with Gasteiger partial charge in [0.2, 0.25) is 0 Å². The number of esters is 1. The molecule has 0 aliphatic heterocycles. The number of hydrogen-bond acceptors (Lipinski definition) is 4. The van der Waals surface area contributed by atoms with E-state index in [-0.39, 0.29) is 11.7 Å². The molecule has 1 N–H and O–H groups in total. The molecule has 25 heavy (non-hydrogen) atoms. The highest BCUT2D eigenvalue weighted by atomic mass is 16.5. The van der Waals surface area contributed by atoms with Gasteiger partial charge in [0, 0.05) is 16.8 Å². The second-order valence-electron chi connectivity index (χ2n) is 6.08. The zero-order valence-corrected chi connectivity index (χ0v) is 13.9. The Morgan fingerprint density at radius 1 is 1.04 bits per heavy atom. The lowest BCUT2D eigenvalue weighted by Gasteiger charge is -2.18. The summed E-state index contributed by atoms with van der Waals surface area (Å²) in [5.74, 6) is -1.26. The first-order chi connectivity index (χ1) is 12.2. The Labute approximate surface area is 144 Å². The molecule has 0 bridgehead atoms. The van der Waals surface area contributed by atoms with Gasteiger partial charge in [-0.3, -0.25) is 9.59 Å². The number of aromatic nitrogens is 1. The van der Waals surface area contributed by atoms with E-state index in [0.29, 0.717) is 5.69 Å². The zero-order chi connectivity index (χ0) is 17.6. The monoisotopic (exact) mass is 335 g/mol. The standard InChI is InChI=1S/C20H17NO4/c1-24-12-9-7-11(8-10-12)15-16-13-5-3-4-6-14(13)21-18(16)19(22)17(15)20(23)25-2/h3-10,15,17,21H,1-2H3/t15-,17+/m0/s1. The van der Waals surface area contributed by atoms with Crippen LogP contribution in [0.15, 0.2) is 48.5 Å². The number of methoxy groups -OCH3 is 2. The highest BCUT2D eigenvalue weighted by Crippen LogP contribution is 2.46. The number of Topliss-reactive ketones (excluding diaryl/α,β-unsaturated/α-hetero) is 1. The molecule has 0 fully saturated rings. The molecule has 0 amide bonds. The van der Waals surface area contributed by atoms with E-state index in [1.807, 2.05) is 48.5 Å². The fraction of sp³-hybridized carbons (Fsp3) is 0.200. The Bertz CT molecular complexity index is 971. The molecule has 0 spiro atoms. The fourth-order valence-corrected chi connectivity index (χ4v) is 3.70. The minimum Gasteiger partial charge on any atom is -0.497 e. The summed E-state index contributed by atoms with van der Waals surface area (Å²) in [6, 6.07) is 15.2. The largest absolute Gasteiger partial charge is 0.497 e. The van der Waals surface area contributed by atoms with Crippen molar-refractivity contribution in [2.75, 3.05) is 14.2 Å². The minimum absolute atomic E-state index is 0.223. The number of aromatic amines is 1. The van der Waals surface area contributed by atoms with Crippen LogP contribution in [0, 0.1) is 5.92 Å². The van der Waals surface area contributed by atoms with Gasteiger partial charge in [-0.2, -0.15) is 0 Å². The van der Waals surface area contributed by atoms with Gasteiger partial charge >= 0.3 is 5.97 Å². The Morgan fingerprint density at radius 3 is 2.44 bits per heavy atom. The van der Waals surface area contributed by atoms with Crippen molar-refractivity contribution in [3.8, 4) is 5.75 Å². The maximum absolute atomic E-state index is 12.9. The van der Waals surface area contributed by atoms with Gasteiger partial charge in [-0.25, -0.2) is 0 Å². The predicted octanol–water partition coefficient (Wildman–Crippen LogP) is 3.29. The molecular formula is C20H17NO4. The third-order valence-corrected chi connectivity index (χ3v) is 4.85. The summed E-state index contributed by atoms with van der Waals surface area (Å²) < 4.78 is 10.1. The first kappa shape index (κ1) is 15.4. The van der Waals surface area contributed by atoms with Crippen molar-refractivity contribution < 1.29 is 19.1 Å². The summed E-state index contributed by atoms with van der Waals surface area (Å²) in [5.41, 5.74) is 3.13. The topological polar surface area (TPSA) is 68.4 Å². The summed E-state index contributed by atoms with van der Waals surface area (Å²) in [6.45, 7) is 0. The molecule has 1 heterocycles. The molecule has 2 aromatic carbocycles. The van der Waals surface area contributed by atoms with Gasteiger partial charge in [-0.05, 0) is 29.3 Å². The van der Waals surface area contributed by atoms with Gasteiger partial charge in [0.15, 0.2) is 5.78 Å². The highest BCUT2D eigenvalue weighted by Gasteiger charge is 2.47. The Balaban J connectivity index is 1.94. The molecule has 1 aliphatic rings. The van der Waals surface area contributed by atoms with Crippen molar-refractivity contribution in [2.24, 2.45) is 5.92 Å². The van der Waals surface area contributed by atoms with E-state index in [1.54, 1.807) is 7.11 Å². The number of nitrogens with one attached hydrogen (secondary N) is 1. The van der Waals surface area contributed by atoms with Crippen molar-refractivity contribution in [2.45, 2.75) is 5.92 Å². The summed E-state index contributed by atoms with van der Waals surface area (Å²) in [4.78, 5) is 28.4. The summed E-state index contributed by atoms with van der Waals surface area (Å²) >= 11 is 0. The van der Waals surface area contributed by atoms with Crippen LogP contribution in [0.3, 0.4) is 0 Å². The number of hydrogen-bond donors (Lipinski definition) is 1. The van der Waals surface area contributed by atoms with Crippen LogP contribution >= 0.6 is 0 Å². The number of H-pyrrole nitrogens is 1. The van der Waals surface area contributed by atoms with E-state index < -0.39 is 11.9 Å². The average Bonchev–Trinajstić information content (AvgIpc) is 3.16. The van der Waals surface area contributed by atoms with E-state index in [1.165, 1.54) is 7.11 Å². The number of ether oxygens (including phenoxy) is 2. The third kappa shape index (κ3) is 2.23. The number of benzene rings is 2. The van der Waals surface area contributed by atoms with Crippen molar-refractivity contribution in [1.29, 1.82) is 0 Å². The number of carbonyl (C=O) groups is 2. The molecule has 2 atom stereocenters.